The number of benzene rings is 2. The number of rotatable bonds is 5. The largest absolute Gasteiger partial charge is 0.496 e. The van der Waals surface area contributed by atoms with Crippen LogP contribution in [0.5, 0.6) is 5.75 Å². The van der Waals surface area contributed by atoms with Crippen LogP contribution in [0.4, 0.5) is 0 Å². The Morgan fingerprint density at radius 2 is 1.86 bits per heavy atom. The number of carbonyl (C=O) groups excluding carboxylic acids is 1. The molecule has 140 valence electrons. The average Bonchev–Trinajstić information content (AvgIpc) is 3.17. The number of para-hydroxylation sites is 1. The fourth-order valence-corrected chi connectivity index (χ4v) is 3.88. The molecule has 0 bridgehead atoms. The Morgan fingerprint density at radius 3 is 2.64 bits per heavy atom. The average molecular weight is 392 g/mol. The van der Waals surface area contributed by atoms with Gasteiger partial charge in [0.15, 0.2) is 0 Å². The number of nitrogens with one attached hydrogen (secondary N) is 1. The van der Waals surface area contributed by atoms with Gasteiger partial charge in [0.25, 0.3) is 5.56 Å². The maximum atomic E-state index is 12.6. The molecule has 28 heavy (non-hydrogen) atoms. The van der Waals surface area contributed by atoms with Crippen molar-refractivity contribution >= 4 is 27.5 Å². The highest BCUT2D eigenvalue weighted by Gasteiger charge is 2.16. The van der Waals surface area contributed by atoms with E-state index in [4.69, 9.17) is 9.47 Å². The Labute approximate surface area is 164 Å². The number of ether oxygens (including phenoxy) is 2. The van der Waals surface area contributed by atoms with Gasteiger partial charge in [-0.1, -0.05) is 42.5 Å². The van der Waals surface area contributed by atoms with Gasteiger partial charge in [-0.15, -0.1) is 11.3 Å². The number of H-pyrrole nitrogens is 1. The van der Waals surface area contributed by atoms with Gasteiger partial charge in [-0.05, 0) is 17.7 Å². The fourth-order valence-electron chi connectivity index (χ4n) is 2.92. The number of aromatic amines is 1. The molecule has 4 rings (SSSR count). The third kappa shape index (κ3) is 3.39. The Bertz CT molecular complexity index is 1200. The summed E-state index contributed by atoms with van der Waals surface area (Å²) < 4.78 is 10.5. The third-order valence-electron chi connectivity index (χ3n) is 4.24. The molecule has 0 aliphatic heterocycles. The Balaban J connectivity index is 1.59. The smallest absolute Gasteiger partial charge is 0.342 e. The molecule has 7 heteroatoms. The lowest BCUT2D eigenvalue weighted by Gasteiger charge is -2.08. The number of carbonyl (C=O) groups is 1. The van der Waals surface area contributed by atoms with Gasteiger partial charge in [0.05, 0.1) is 12.5 Å². The van der Waals surface area contributed by atoms with E-state index in [0.29, 0.717) is 27.4 Å². The molecule has 0 fully saturated rings. The topological polar surface area (TPSA) is 81.3 Å². The monoisotopic (exact) mass is 392 g/mol. The van der Waals surface area contributed by atoms with Crippen LogP contribution in [0.1, 0.15) is 16.2 Å². The number of nitrogens with zero attached hydrogens (tertiary/aromatic N) is 1. The molecule has 4 aromatic rings. The summed E-state index contributed by atoms with van der Waals surface area (Å²) in [5.41, 5.74) is 1.85. The van der Waals surface area contributed by atoms with Crippen LogP contribution in [0.3, 0.4) is 0 Å². The minimum Gasteiger partial charge on any atom is -0.496 e. The normalized spacial score (nSPS) is 10.8. The van der Waals surface area contributed by atoms with Gasteiger partial charge in [0.2, 0.25) is 0 Å². The highest BCUT2D eigenvalue weighted by Crippen LogP contribution is 2.30. The number of hydrogen-bond donors (Lipinski definition) is 1. The second-order valence-electron chi connectivity index (χ2n) is 5.98. The van der Waals surface area contributed by atoms with Crippen molar-refractivity contribution in [3.63, 3.8) is 0 Å². The molecule has 2 aromatic carbocycles. The van der Waals surface area contributed by atoms with Crippen LogP contribution in [0.2, 0.25) is 0 Å². The van der Waals surface area contributed by atoms with Gasteiger partial charge < -0.3 is 14.5 Å². The minimum absolute atomic E-state index is 0.138. The van der Waals surface area contributed by atoms with Crippen molar-refractivity contribution in [3.05, 3.63) is 81.7 Å². The van der Waals surface area contributed by atoms with Gasteiger partial charge in [-0.3, -0.25) is 4.79 Å². The van der Waals surface area contributed by atoms with Crippen LogP contribution < -0.4 is 10.3 Å². The summed E-state index contributed by atoms with van der Waals surface area (Å²) in [4.78, 5) is 32.7. The van der Waals surface area contributed by atoms with Crippen molar-refractivity contribution in [2.75, 3.05) is 7.11 Å². The second-order valence-corrected chi connectivity index (χ2v) is 6.84. The minimum atomic E-state index is -0.545. The molecule has 0 saturated heterocycles. The summed E-state index contributed by atoms with van der Waals surface area (Å²) in [5.74, 6) is 0.175. The molecule has 0 amide bonds. The van der Waals surface area contributed by atoms with Crippen molar-refractivity contribution in [3.8, 4) is 16.9 Å². The number of methoxy groups -OCH3 is 1. The first-order chi connectivity index (χ1) is 13.7. The number of aromatic nitrogens is 2. The number of hydrogen-bond acceptors (Lipinski definition) is 6. The van der Waals surface area contributed by atoms with Crippen molar-refractivity contribution in [1.82, 2.24) is 9.97 Å². The lowest BCUT2D eigenvalue weighted by Crippen LogP contribution is -2.14. The second kappa shape index (κ2) is 7.66. The van der Waals surface area contributed by atoms with Gasteiger partial charge in [-0.25, -0.2) is 9.78 Å². The van der Waals surface area contributed by atoms with E-state index < -0.39 is 5.97 Å². The van der Waals surface area contributed by atoms with Crippen molar-refractivity contribution in [2.24, 2.45) is 0 Å². The predicted octanol–water partition coefficient (Wildman–Crippen LogP) is 4.02. The van der Waals surface area contributed by atoms with E-state index >= 15 is 0 Å². The first kappa shape index (κ1) is 17.9. The summed E-state index contributed by atoms with van der Waals surface area (Å²) in [6, 6.07) is 16.5. The fraction of sp³-hybridized carbons (Fsp3) is 0.0952. The molecular formula is C21H16N2O4S. The van der Waals surface area contributed by atoms with Crippen LogP contribution in [0.25, 0.3) is 21.3 Å². The number of esters is 1. The van der Waals surface area contributed by atoms with Crippen LogP contribution in [-0.4, -0.2) is 23.0 Å². The number of thiophene rings is 1. The zero-order valence-electron chi connectivity index (χ0n) is 15.0. The van der Waals surface area contributed by atoms with Crippen LogP contribution in [0.15, 0.2) is 64.8 Å². The van der Waals surface area contributed by atoms with E-state index in [2.05, 4.69) is 9.97 Å². The summed E-state index contributed by atoms with van der Waals surface area (Å²) in [5, 5.41) is 2.45. The Morgan fingerprint density at radius 1 is 1.11 bits per heavy atom. The molecule has 1 N–H and O–H groups in total. The zero-order chi connectivity index (χ0) is 19.5. The lowest BCUT2D eigenvalue weighted by atomic mass is 10.1. The molecule has 6 nitrogen and oxygen atoms in total. The van der Waals surface area contributed by atoms with E-state index in [9.17, 15) is 9.59 Å². The lowest BCUT2D eigenvalue weighted by molar-refractivity contribution is 0.0458. The standard InChI is InChI=1S/C21H16N2O4S/c1-26-16-10-6-5-9-14(16)21(25)27-11-17-22-19(24)18-15(12-28-20(18)23-17)13-7-3-2-4-8-13/h2-10,12H,11H2,1H3,(H,22,23,24). The van der Waals surface area contributed by atoms with E-state index in [0.717, 1.165) is 11.1 Å². The van der Waals surface area contributed by atoms with E-state index in [-0.39, 0.29) is 12.2 Å². The molecule has 0 saturated carbocycles. The van der Waals surface area contributed by atoms with Crippen molar-refractivity contribution < 1.29 is 14.3 Å². The van der Waals surface area contributed by atoms with Crippen LogP contribution >= 0.6 is 11.3 Å². The van der Waals surface area contributed by atoms with E-state index in [1.807, 2.05) is 35.7 Å². The van der Waals surface area contributed by atoms with Crippen molar-refractivity contribution in [1.29, 1.82) is 0 Å². The SMILES string of the molecule is COc1ccccc1C(=O)OCc1nc2scc(-c3ccccc3)c2c(=O)[nH]1. The molecule has 2 aromatic heterocycles. The molecular weight excluding hydrogens is 376 g/mol. The van der Waals surface area contributed by atoms with Crippen molar-refractivity contribution in [2.45, 2.75) is 6.61 Å². The highest BCUT2D eigenvalue weighted by atomic mass is 32.1. The summed E-state index contributed by atoms with van der Waals surface area (Å²) in [6.07, 6.45) is 0. The summed E-state index contributed by atoms with van der Waals surface area (Å²) in [6.45, 7) is -0.138. The summed E-state index contributed by atoms with van der Waals surface area (Å²) in [7, 11) is 1.49. The highest BCUT2D eigenvalue weighted by molar-refractivity contribution is 7.17. The first-order valence-electron chi connectivity index (χ1n) is 8.53. The quantitative estimate of drug-likeness (QED) is 0.519. The van der Waals surface area contributed by atoms with Crippen LogP contribution in [0, 0.1) is 0 Å². The Hall–Kier alpha value is -3.45. The third-order valence-corrected chi connectivity index (χ3v) is 5.12. The molecule has 0 atom stereocenters. The van der Waals surface area contributed by atoms with Gasteiger partial charge in [0.1, 0.15) is 28.6 Å². The molecule has 0 spiro atoms. The molecule has 0 aliphatic rings. The summed E-state index contributed by atoms with van der Waals surface area (Å²) >= 11 is 1.38. The molecule has 0 radical (unpaired) electrons. The maximum Gasteiger partial charge on any atom is 0.342 e. The molecule has 2 heterocycles. The van der Waals surface area contributed by atoms with Gasteiger partial charge >= 0.3 is 5.97 Å². The number of fused-ring (bicyclic) bond motifs is 1. The Kier molecular flexibility index (Phi) is 4.90. The first-order valence-corrected chi connectivity index (χ1v) is 9.41. The van der Waals surface area contributed by atoms with Crippen LogP contribution in [-0.2, 0) is 11.3 Å². The maximum absolute atomic E-state index is 12.6. The molecule has 0 unspecified atom stereocenters. The van der Waals surface area contributed by atoms with E-state index in [1.54, 1.807) is 24.3 Å². The molecule has 0 aliphatic carbocycles. The predicted molar refractivity (Wildman–Crippen MR) is 108 cm³/mol. The van der Waals surface area contributed by atoms with E-state index in [1.165, 1.54) is 18.4 Å². The van der Waals surface area contributed by atoms with Gasteiger partial charge in [0, 0.05) is 10.9 Å². The zero-order valence-corrected chi connectivity index (χ0v) is 15.8. The van der Waals surface area contributed by atoms with Gasteiger partial charge in [-0.2, -0.15) is 0 Å².